The maximum atomic E-state index is 11.6. The lowest BCUT2D eigenvalue weighted by atomic mass is 9.96. The molecule has 2 N–H and O–H groups in total. The number of ether oxygens (including phenoxy) is 1. The molecule has 6 nitrogen and oxygen atoms in total. The quantitative estimate of drug-likeness (QED) is 0.619. The standard InChI is InChI=1S/C13H26N2O4S/c1-19-6-4-14-7-11-3-2-5-15(8-11)12-9-20(17,18)10-13(12)16/h11-14,16H,2-10H2,1H3. The Hall–Kier alpha value is -0.210. The second kappa shape index (κ2) is 7.17. The van der Waals surface area contributed by atoms with Crippen molar-refractivity contribution in [2.24, 2.45) is 5.92 Å². The Morgan fingerprint density at radius 3 is 2.85 bits per heavy atom. The van der Waals surface area contributed by atoms with Crippen LogP contribution in [0.5, 0.6) is 0 Å². The minimum absolute atomic E-state index is 0.0785. The number of sulfone groups is 1. The highest BCUT2D eigenvalue weighted by atomic mass is 32.2. The van der Waals surface area contributed by atoms with Gasteiger partial charge in [-0.25, -0.2) is 8.42 Å². The number of nitrogens with zero attached hydrogens (tertiary/aromatic N) is 1. The molecule has 7 heteroatoms. The Labute approximate surface area is 121 Å². The van der Waals surface area contributed by atoms with Crippen LogP contribution in [-0.4, -0.2) is 82.0 Å². The fourth-order valence-corrected chi connectivity index (χ4v) is 5.04. The number of aliphatic hydroxyl groups is 1. The first-order valence-electron chi connectivity index (χ1n) is 7.34. The van der Waals surface area contributed by atoms with Gasteiger partial charge in [0.2, 0.25) is 0 Å². The van der Waals surface area contributed by atoms with Gasteiger partial charge >= 0.3 is 0 Å². The molecule has 118 valence electrons. The molecule has 2 aliphatic rings. The number of hydrogen-bond donors (Lipinski definition) is 2. The van der Waals surface area contributed by atoms with E-state index in [0.717, 1.165) is 39.0 Å². The Morgan fingerprint density at radius 1 is 1.40 bits per heavy atom. The van der Waals surface area contributed by atoms with E-state index in [1.54, 1.807) is 7.11 Å². The minimum atomic E-state index is -3.06. The van der Waals surface area contributed by atoms with Crippen LogP contribution in [0.15, 0.2) is 0 Å². The van der Waals surface area contributed by atoms with Crippen molar-refractivity contribution in [3.05, 3.63) is 0 Å². The second-order valence-corrected chi connectivity index (χ2v) is 8.07. The number of piperidine rings is 1. The van der Waals surface area contributed by atoms with Crippen LogP contribution in [0.2, 0.25) is 0 Å². The summed E-state index contributed by atoms with van der Waals surface area (Å²) in [5.74, 6) is 0.555. The molecule has 0 aromatic rings. The van der Waals surface area contributed by atoms with Gasteiger partial charge in [0.25, 0.3) is 0 Å². The maximum absolute atomic E-state index is 11.6. The van der Waals surface area contributed by atoms with E-state index in [2.05, 4.69) is 10.2 Å². The molecule has 2 saturated heterocycles. The van der Waals surface area contributed by atoms with Crippen LogP contribution < -0.4 is 5.32 Å². The lowest BCUT2D eigenvalue weighted by Crippen LogP contribution is -2.49. The maximum Gasteiger partial charge on any atom is 0.154 e. The zero-order chi connectivity index (χ0) is 14.6. The number of methoxy groups -OCH3 is 1. The summed E-state index contributed by atoms with van der Waals surface area (Å²) >= 11 is 0. The third-order valence-corrected chi connectivity index (χ3v) is 5.93. The van der Waals surface area contributed by atoms with E-state index in [9.17, 15) is 13.5 Å². The molecule has 0 bridgehead atoms. The van der Waals surface area contributed by atoms with Crippen molar-refractivity contribution in [3.8, 4) is 0 Å². The van der Waals surface area contributed by atoms with Crippen molar-refractivity contribution in [1.29, 1.82) is 0 Å². The third kappa shape index (κ3) is 4.39. The summed E-state index contributed by atoms with van der Waals surface area (Å²) in [4.78, 5) is 2.17. The summed E-state index contributed by atoms with van der Waals surface area (Å²) in [6.45, 7) is 4.24. The van der Waals surface area contributed by atoms with E-state index in [4.69, 9.17) is 4.74 Å². The van der Waals surface area contributed by atoms with Gasteiger partial charge < -0.3 is 15.2 Å². The van der Waals surface area contributed by atoms with E-state index in [1.807, 2.05) is 0 Å². The summed E-state index contributed by atoms with van der Waals surface area (Å²) in [7, 11) is -1.37. The summed E-state index contributed by atoms with van der Waals surface area (Å²) in [5, 5.41) is 13.3. The van der Waals surface area contributed by atoms with Gasteiger partial charge in [-0.15, -0.1) is 0 Å². The van der Waals surface area contributed by atoms with Crippen molar-refractivity contribution < 1.29 is 18.3 Å². The van der Waals surface area contributed by atoms with Crippen molar-refractivity contribution in [1.82, 2.24) is 10.2 Å². The van der Waals surface area contributed by atoms with Crippen LogP contribution in [-0.2, 0) is 14.6 Å². The molecule has 0 saturated carbocycles. The monoisotopic (exact) mass is 306 g/mol. The van der Waals surface area contributed by atoms with E-state index in [0.29, 0.717) is 12.5 Å². The Kier molecular flexibility index (Phi) is 5.80. The van der Waals surface area contributed by atoms with Crippen LogP contribution in [0.3, 0.4) is 0 Å². The lowest BCUT2D eigenvalue weighted by Gasteiger charge is -2.37. The number of likely N-dealkylation sites (tertiary alicyclic amines) is 1. The third-order valence-electron chi connectivity index (χ3n) is 4.23. The number of hydrogen-bond acceptors (Lipinski definition) is 6. The highest BCUT2D eigenvalue weighted by Crippen LogP contribution is 2.24. The first-order valence-corrected chi connectivity index (χ1v) is 9.16. The van der Waals surface area contributed by atoms with Crippen LogP contribution in [0.4, 0.5) is 0 Å². The van der Waals surface area contributed by atoms with E-state index in [1.165, 1.54) is 0 Å². The molecular weight excluding hydrogens is 280 g/mol. The summed E-state index contributed by atoms with van der Waals surface area (Å²) < 4.78 is 28.2. The normalized spacial score (nSPS) is 34.4. The van der Waals surface area contributed by atoms with Gasteiger partial charge in [0.05, 0.1) is 30.3 Å². The molecule has 0 radical (unpaired) electrons. The average molecular weight is 306 g/mol. The highest BCUT2D eigenvalue weighted by Gasteiger charge is 2.41. The van der Waals surface area contributed by atoms with E-state index in [-0.39, 0.29) is 17.5 Å². The molecule has 2 rings (SSSR count). The fraction of sp³-hybridized carbons (Fsp3) is 1.00. The molecular formula is C13H26N2O4S. The van der Waals surface area contributed by atoms with Gasteiger partial charge in [0, 0.05) is 20.2 Å². The topological polar surface area (TPSA) is 78.9 Å². The molecule has 2 aliphatic heterocycles. The molecule has 0 aromatic heterocycles. The lowest BCUT2D eigenvalue weighted by molar-refractivity contribution is 0.0531. The van der Waals surface area contributed by atoms with E-state index >= 15 is 0 Å². The molecule has 3 unspecified atom stereocenters. The number of nitrogens with one attached hydrogen (secondary N) is 1. The fourth-order valence-electron chi connectivity index (χ4n) is 3.20. The number of rotatable bonds is 6. The van der Waals surface area contributed by atoms with Crippen molar-refractivity contribution in [2.75, 3.05) is 51.4 Å². The number of aliphatic hydroxyl groups excluding tert-OH is 1. The Balaban J connectivity index is 1.81. The molecule has 0 aliphatic carbocycles. The van der Waals surface area contributed by atoms with Crippen LogP contribution in [0.25, 0.3) is 0 Å². The van der Waals surface area contributed by atoms with Gasteiger partial charge in [0.15, 0.2) is 9.84 Å². The molecule has 0 aromatic carbocycles. The van der Waals surface area contributed by atoms with E-state index < -0.39 is 15.9 Å². The van der Waals surface area contributed by atoms with Crippen LogP contribution in [0, 0.1) is 5.92 Å². The molecule has 3 atom stereocenters. The van der Waals surface area contributed by atoms with Gasteiger partial charge in [-0.1, -0.05) is 0 Å². The molecule has 0 spiro atoms. The van der Waals surface area contributed by atoms with Crippen LogP contribution >= 0.6 is 0 Å². The Bertz CT molecular complexity index is 401. The summed E-state index contributed by atoms with van der Waals surface area (Å²) in [5.41, 5.74) is 0. The smallest absolute Gasteiger partial charge is 0.154 e. The van der Waals surface area contributed by atoms with Gasteiger partial charge in [-0.2, -0.15) is 0 Å². The molecule has 0 amide bonds. The summed E-state index contributed by atoms with van der Waals surface area (Å²) in [6, 6.07) is -0.207. The first-order chi connectivity index (χ1) is 9.52. The van der Waals surface area contributed by atoms with Crippen molar-refractivity contribution >= 4 is 9.84 Å². The SMILES string of the molecule is COCCNCC1CCCN(C2CS(=O)(=O)CC2O)C1. The predicted octanol–water partition coefficient (Wildman–Crippen LogP) is -0.908. The predicted molar refractivity (Wildman–Crippen MR) is 77.5 cm³/mol. The largest absolute Gasteiger partial charge is 0.390 e. The molecule has 20 heavy (non-hydrogen) atoms. The van der Waals surface area contributed by atoms with Gasteiger partial charge in [0.1, 0.15) is 0 Å². The van der Waals surface area contributed by atoms with Crippen molar-refractivity contribution in [2.45, 2.75) is 25.0 Å². The second-order valence-electron chi connectivity index (χ2n) is 5.91. The first kappa shape index (κ1) is 16.2. The minimum Gasteiger partial charge on any atom is -0.390 e. The zero-order valence-corrected chi connectivity index (χ0v) is 12.9. The molecule has 2 heterocycles. The van der Waals surface area contributed by atoms with Crippen LogP contribution in [0.1, 0.15) is 12.8 Å². The zero-order valence-electron chi connectivity index (χ0n) is 12.1. The Morgan fingerprint density at radius 2 is 2.20 bits per heavy atom. The highest BCUT2D eigenvalue weighted by molar-refractivity contribution is 7.91. The van der Waals surface area contributed by atoms with Crippen molar-refractivity contribution in [3.63, 3.8) is 0 Å². The van der Waals surface area contributed by atoms with Gasteiger partial charge in [-0.05, 0) is 31.8 Å². The average Bonchev–Trinajstić information content (AvgIpc) is 2.68. The van der Waals surface area contributed by atoms with Gasteiger partial charge in [-0.3, -0.25) is 4.90 Å². The molecule has 2 fully saturated rings. The summed E-state index contributed by atoms with van der Waals surface area (Å²) in [6.07, 6.45) is 1.51.